The Labute approximate surface area is 106 Å². The molecule has 3 rings (SSSR count). The maximum Gasteiger partial charge on any atom is 0.345 e. The highest BCUT2D eigenvalue weighted by molar-refractivity contribution is 5.60. The Bertz CT molecular complexity index is 626. The van der Waals surface area contributed by atoms with Crippen LogP contribution in [0.2, 0.25) is 0 Å². The first kappa shape index (κ1) is 11.2. The van der Waals surface area contributed by atoms with Gasteiger partial charge in [-0.2, -0.15) is 4.98 Å². The molecule has 0 aliphatic heterocycles. The Kier molecular flexibility index (Phi) is 2.74. The Morgan fingerprint density at radius 2 is 2.11 bits per heavy atom. The lowest BCUT2D eigenvalue weighted by atomic mass is 9.79. The summed E-state index contributed by atoms with van der Waals surface area (Å²) in [5, 5.41) is 0. The molecule has 1 heterocycles. The van der Waals surface area contributed by atoms with Gasteiger partial charge in [0.15, 0.2) is 0 Å². The molecule has 0 spiro atoms. The molecule has 18 heavy (non-hydrogen) atoms. The van der Waals surface area contributed by atoms with Crippen molar-refractivity contribution < 1.29 is 0 Å². The van der Waals surface area contributed by atoms with Gasteiger partial charge in [-0.1, -0.05) is 24.6 Å². The van der Waals surface area contributed by atoms with Crippen LogP contribution in [0.15, 0.2) is 35.1 Å². The molecular weight excluding hydrogens is 224 g/mol. The number of aromatic amines is 1. The summed E-state index contributed by atoms with van der Waals surface area (Å²) in [6.07, 6.45) is 3.90. The molecular formula is C15H16N2O. The lowest BCUT2D eigenvalue weighted by Gasteiger charge is -2.26. The van der Waals surface area contributed by atoms with Crippen molar-refractivity contribution in [3.8, 4) is 11.3 Å². The van der Waals surface area contributed by atoms with Crippen LogP contribution in [0.3, 0.4) is 0 Å². The molecule has 1 fully saturated rings. The number of nitrogens with one attached hydrogen (secondary N) is 1. The zero-order chi connectivity index (χ0) is 12.5. The van der Waals surface area contributed by atoms with Gasteiger partial charge in [0, 0.05) is 11.3 Å². The minimum absolute atomic E-state index is 0.279. The van der Waals surface area contributed by atoms with Gasteiger partial charge in [0.25, 0.3) is 0 Å². The van der Waals surface area contributed by atoms with E-state index in [0.29, 0.717) is 5.92 Å². The summed E-state index contributed by atoms with van der Waals surface area (Å²) in [5.74, 6) is 0.702. The Hall–Kier alpha value is -1.90. The van der Waals surface area contributed by atoms with E-state index in [-0.39, 0.29) is 5.69 Å². The number of hydrogen-bond donors (Lipinski definition) is 1. The molecule has 92 valence electrons. The van der Waals surface area contributed by atoms with E-state index in [1.54, 1.807) is 0 Å². The lowest BCUT2D eigenvalue weighted by molar-refractivity contribution is 0.420. The SMILES string of the molecule is Cc1cc(-c2cccc(C3CCC3)c2)nc(=O)[nH]1. The Morgan fingerprint density at radius 1 is 1.28 bits per heavy atom. The van der Waals surface area contributed by atoms with E-state index < -0.39 is 0 Å². The summed E-state index contributed by atoms with van der Waals surface area (Å²) in [4.78, 5) is 18.1. The molecule has 3 heteroatoms. The fraction of sp³-hybridized carbons (Fsp3) is 0.333. The maximum absolute atomic E-state index is 11.4. The normalized spacial score (nSPS) is 15.4. The molecule has 2 aromatic rings. The van der Waals surface area contributed by atoms with Crippen molar-refractivity contribution in [1.29, 1.82) is 0 Å². The fourth-order valence-corrected chi connectivity index (χ4v) is 2.42. The predicted octanol–water partition coefficient (Wildman–Crippen LogP) is 3.01. The molecule has 0 radical (unpaired) electrons. The van der Waals surface area contributed by atoms with Gasteiger partial charge in [-0.05, 0) is 43.4 Å². The van der Waals surface area contributed by atoms with Gasteiger partial charge >= 0.3 is 5.69 Å². The number of aryl methyl sites for hydroxylation is 1. The minimum atomic E-state index is -0.279. The van der Waals surface area contributed by atoms with Crippen molar-refractivity contribution in [2.75, 3.05) is 0 Å². The molecule has 3 nitrogen and oxygen atoms in total. The van der Waals surface area contributed by atoms with E-state index in [9.17, 15) is 4.79 Å². The second-order valence-corrected chi connectivity index (χ2v) is 5.01. The standard InChI is InChI=1S/C15H16N2O/c1-10-8-14(17-15(18)16-10)13-7-3-6-12(9-13)11-4-2-5-11/h3,6-9,11H,2,4-5H2,1H3,(H,16,17,18). The van der Waals surface area contributed by atoms with Gasteiger partial charge < -0.3 is 4.98 Å². The third-order valence-electron chi connectivity index (χ3n) is 3.64. The summed E-state index contributed by atoms with van der Waals surface area (Å²) in [7, 11) is 0. The van der Waals surface area contributed by atoms with Crippen LogP contribution in [0.4, 0.5) is 0 Å². The van der Waals surface area contributed by atoms with Crippen LogP contribution >= 0.6 is 0 Å². The summed E-state index contributed by atoms with van der Waals surface area (Å²) in [6.45, 7) is 1.88. The molecule has 1 aliphatic rings. The highest BCUT2D eigenvalue weighted by atomic mass is 16.1. The van der Waals surface area contributed by atoms with Crippen molar-refractivity contribution in [3.63, 3.8) is 0 Å². The molecule has 0 unspecified atom stereocenters. The zero-order valence-corrected chi connectivity index (χ0v) is 10.4. The second-order valence-electron chi connectivity index (χ2n) is 5.01. The summed E-state index contributed by atoms with van der Waals surface area (Å²) in [5.41, 5.74) is 3.74. The topological polar surface area (TPSA) is 45.8 Å². The predicted molar refractivity (Wildman–Crippen MR) is 71.6 cm³/mol. The fourth-order valence-electron chi connectivity index (χ4n) is 2.42. The van der Waals surface area contributed by atoms with Crippen LogP contribution in [0.25, 0.3) is 11.3 Å². The first-order valence-electron chi connectivity index (χ1n) is 6.41. The third-order valence-corrected chi connectivity index (χ3v) is 3.64. The third kappa shape index (κ3) is 2.08. The van der Waals surface area contributed by atoms with Gasteiger partial charge in [-0.3, -0.25) is 0 Å². The van der Waals surface area contributed by atoms with Crippen molar-refractivity contribution in [1.82, 2.24) is 9.97 Å². The quantitative estimate of drug-likeness (QED) is 0.877. The van der Waals surface area contributed by atoms with Crippen LogP contribution in [0.5, 0.6) is 0 Å². The van der Waals surface area contributed by atoms with Crippen molar-refractivity contribution in [3.05, 3.63) is 52.1 Å². The van der Waals surface area contributed by atoms with E-state index in [0.717, 1.165) is 17.0 Å². The van der Waals surface area contributed by atoms with Crippen molar-refractivity contribution >= 4 is 0 Å². The van der Waals surface area contributed by atoms with E-state index >= 15 is 0 Å². The maximum atomic E-state index is 11.4. The molecule has 1 saturated carbocycles. The van der Waals surface area contributed by atoms with Gasteiger partial charge in [-0.15, -0.1) is 0 Å². The van der Waals surface area contributed by atoms with Crippen LogP contribution in [-0.4, -0.2) is 9.97 Å². The molecule has 0 bridgehead atoms. The molecule has 0 amide bonds. The smallest absolute Gasteiger partial charge is 0.310 e. The number of hydrogen-bond acceptors (Lipinski definition) is 2. The van der Waals surface area contributed by atoms with Crippen LogP contribution in [0, 0.1) is 6.92 Å². The number of rotatable bonds is 2. The van der Waals surface area contributed by atoms with Gasteiger partial charge in [0.1, 0.15) is 0 Å². The van der Waals surface area contributed by atoms with E-state index in [1.807, 2.05) is 19.1 Å². The van der Waals surface area contributed by atoms with Crippen LogP contribution in [0.1, 0.15) is 36.4 Å². The summed E-state index contributed by atoms with van der Waals surface area (Å²) < 4.78 is 0. The largest absolute Gasteiger partial charge is 0.345 e. The molecule has 1 aromatic carbocycles. The number of H-pyrrole nitrogens is 1. The zero-order valence-electron chi connectivity index (χ0n) is 10.4. The second kappa shape index (κ2) is 4.41. The van der Waals surface area contributed by atoms with E-state index in [2.05, 4.69) is 28.2 Å². The average molecular weight is 240 g/mol. The van der Waals surface area contributed by atoms with E-state index in [4.69, 9.17) is 0 Å². The Balaban J connectivity index is 2.02. The number of aromatic nitrogens is 2. The van der Waals surface area contributed by atoms with Gasteiger partial charge in [-0.25, -0.2) is 4.79 Å². The molecule has 1 aromatic heterocycles. The van der Waals surface area contributed by atoms with E-state index in [1.165, 1.54) is 24.8 Å². The molecule has 1 N–H and O–H groups in total. The van der Waals surface area contributed by atoms with Crippen molar-refractivity contribution in [2.45, 2.75) is 32.1 Å². The van der Waals surface area contributed by atoms with Gasteiger partial charge in [0.05, 0.1) is 5.69 Å². The highest BCUT2D eigenvalue weighted by Gasteiger charge is 2.19. The average Bonchev–Trinajstić information content (AvgIpc) is 2.26. The molecule has 0 saturated heterocycles. The monoisotopic (exact) mass is 240 g/mol. The lowest BCUT2D eigenvalue weighted by Crippen LogP contribution is -2.12. The first-order valence-corrected chi connectivity index (χ1v) is 6.41. The molecule has 1 aliphatic carbocycles. The van der Waals surface area contributed by atoms with Crippen LogP contribution < -0.4 is 5.69 Å². The van der Waals surface area contributed by atoms with Crippen molar-refractivity contribution in [2.24, 2.45) is 0 Å². The van der Waals surface area contributed by atoms with Crippen LogP contribution in [-0.2, 0) is 0 Å². The summed E-state index contributed by atoms with van der Waals surface area (Å²) in [6, 6.07) is 10.3. The first-order chi connectivity index (χ1) is 8.72. The molecule has 0 atom stereocenters. The number of nitrogens with zero attached hydrogens (tertiary/aromatic N) is 1. The Morgan fingerprint density at radius 3 is 2.78 bits per heavy atom. The summed E-state index contributed by atoms with van der Waals surface area (Å²) >= 11 is 0. The highest BCUT2D eigenvalue weighted by Crippen LogP contribution is 2.37. The van der Waals surface area contributed by atoms with Gasteiger partial charge in [0.2, 0.25) is 0 Å². The minimum Gasteiger partial charge on any atom is -0.310 e. The number of benzene rings is 1.